The quantitative estimate of drug-likeness (QED) is 0.643. The lowest BCUT2D eigenvalue weighted by Crippen LogP contribution is -2.58. The van der Waals surface area contributed by atoms with Gasteiger partial charge in [0.05, 0.1) is 29.7 Å². The van der Waals surface area contributed by atoms with Gasteiger partial charge in [-0.05, 0) is 12.0 Å². The van der Waals surface area contributed by atoms with Gasteiger partial charge in [0.15, 0.2) is 6.04 Å². The highest BCUT2D eigenvalue weighted by Crippen LogP contribution is 2.36. The zero-order valence-electron chi connectivity index (χ0n) is 15.8. The van der Waals surface area contributed by atoms with Crippen LogP contribution in [0, 0.1) is 0 Å². The first-order valence-electron chi connectivity index (χ1n) is 9.89. The van der Waals surface area contributed by atoms with Gasteiger partial charge in [-0.3, -0.25) is 14.5 Å². The van der Waals surface area contributed by atoms with Crippen LogP contribution < -0.4 is 5.69 Å². The lowest BCUT2D eigenvalue weighted by atomic mass is 10.1. The molecule has 1 atom stereocenters. The molecule has 0 saturated carbocycles. The molecule has 5 heterocycles. The monoisotopic (exact) mass is 386 g/mol. The molecule has 8 nitrogen and oxygen atoms in total. The van der Waals surface area contributed by atoms with E-state index in [0.717, 1.165) is 43.0 Å². The van der Waals surface area contributed by atoms with Crippen molar-refractivity contribution in [2.24, 2.45) is 5.10 Å². The van der Waals surface area contributed by atoms with Crippen LogP contribution in [0.5, 0.6) is 0 Å². The molecule has 1 aromatic carbocycles. The summed E-state index contributed by atoms with van der Waals surface area (Å²) in [6.45, 7) is 1.46. The molecule has 2 aromatic heterocycles. The van der Waals surface area contributed by atoms with Gasteiger partial charge in [-0.2, -0.15) is 14.4 Å². The van der Waals surface area contributed by atoms with Crippen LogP contribution in [0.1, 0.15) is 35.6 Å². The molecule has 1 unspecified atom stereocenters. The first kappa shape index (κ1) is 16.6. The van der Waals surface area contributed by atoms with Gasteiger partial charge in [0, 0.05) is 18.8 Å². The molecule has 1 spiro atoms. The number of allylic oxidation sites excluding steroid dienone is 1. The Hall–Kier alpha value is -3.39. The molecule has 6 rings (SSSR count). The predicted octanol–water partition coefficient (Wildman–Crippen LogP) is 1.78. The number of nitrogens with zero attached hydrogens (tertiary/aromatic N) is 7. The largest absolute Gasteiger partial charge is 0.347 e. The summed E-state index contributed by atoms with van der Waals surface area (Å²) in [7, 11) is 0. The molecular formula is C21H20N7O+. The van der Waals surface area contributed by atoms with E-state index in [1.165, 1.54) is 5.56 Å². The van der Waals surface area contributed by atoms with Crippen molar-refractivity contribution in [2.75, 3.05) is 13.1 Å². The van der Waals surface area contributed by atoms with Gasteiger partial charge in [-0.1, -0.05) is 35.4 Å². The maximum atomic E-state index is 13.2. The number of hydrogen-bond donors (Lipinski definition) is 0. The Morgan fingerprint density at radius 2 is 1.97 bits per heavy atom. The van der Waals surface area contributed by atoms with E-state index < -0.39 is 0 Å². The Labute approximate surface area is 167 Å². The van der Waals surface area contributed by atoms with Crippen LogP contribution in [-0.2, 0) is 6.42 Å². The Bertz CT molecular complexity index is 1190. The molecule has 1 saturated heterocycles. The summed E-state index contributed by atoms with van der Waals surface area (Å²) in [5, 5.41) is 9.35. The van der Waals surface area contributed by atoms with Gasteiger partial charge in [-0.15, -0.1) is 0 Å². The number of quaternary nitrogens is 1. The molecule has 3 aromatic rings. The van der Waals surface area contributed by atoms with E-state index in [1.54, 1.807) is 23.3 Å². The van der Waals surface area contributed by atoms with Crippen molar-refractivity contribution in [1.82, 2.24) is 24.3 Å². The van der Waals surface area contributed by atoms with E-state index in [9.17, 15) is 4.79 Å². The van der Waals surface area contributed by atoms with Crippen LogP contribution in [-0.4, -0.2) is 48.2 Å². The summed E-state index contributed by atoms with van der Waals surface area (Å²) in [6, 6.07) is 10.4. The van der Waals surface area contributed by atoms with Gasteiger partial charge >= 0.3 is 5.69 Å². The highest BCUT2D eigenvalue weighted by Gasteiger charge is 2.49. The molecule has 0 radical (unpaired) electrons. The molecule has 1 fully saturated rings. The fourth-order valence-electron chi connectivity index (χ4n) is 4.66. The second-order valence-electron chi connectivity index (χ2n) is 7.90. The lowest BCUT2D eigenvalue weighted by Gasteiger charge is -2.39. The topological polar surface area (TPSA) is 78.0 Å². The van der Waals surface area contributed by atoms with E-state index in [-0.39, 0.29) is 17.8 Å². The minimum absolute atomic E-state index is 0.00416. The highest BCUT2D eigenvalue weighted by molar-refractivity contribution is 6.09. The van der Waals surface area contributed by atoms with E-state index in [1.807, 2.05) is 29.0 Å². The maximum absolute atomic E-state index is 13.2. The number of rotatable bonds is 3. The van der Waals surface area contributed by atoms with Crippen molar-refractivity contribution in [1.29, 1.82) is 0 Å². The Morgan fingerprint density at radius 3 is 2.76 bits per heavy atom. The Balaban J connectivity index is 1.25. The third-order valence-electron chi connectivity index (χ3n) is 6.11. The second kappa shape index (κ2) is 6.05. The molecule has 29 heavy (non-hydrogen) atoms. The maximum Gasteiger partial charge on any atom is 0.347 e. The Kier molecular flexibility index (Phi) is 3.45. The Morgan fingerprint density at radius 1 is 1.10 bits per heavy atom. The number of hydrogen-bond acceptors (Lipinski definition) is 5. The van der Waals surface area contributed by atoms with Gasteiger partial charge in [-0.25, -0.2) is 4.79 Å². The molecule has 3 aliphatic rings. The third-order valence-corrected chi connectivity index (χ3v) is 6.11. The summed E-state index contributed by atoms with van der Waals surface area (Å²) in [6.07, 6.45) is 10.8. The predicted molar refractivity (Wildman–Crippen MR) is 107 cm³/mol. The zero-order chi connectivity index (χ0) is 19.4. The number of fused-ring (bicyclic) bond motifs is 1. The van der Waals surface area contributed by atoms with Crippen molar-refractivity contribution in [3.8, 4) is 0 Å². The van der Waals surface area contributed by atoms with Crippen LogP contribution in [0.15, 0.2) is 65.0 Å². The van der Waals surface area contributed by atoms with Crippen molar-refractivity contribution >= 4 is 11.8 Å². The minimum Gasteiger partial charge on any atom is -0.271 e. The number of benzene rings is 1. The van der Waals surface area contributed by atoms with E-state index >= 15 is 0 Å². The van der Waals surface area contributed by atoms with Gasteiger partial charge in [0.25, 0.3) is 0 Å². The van der Waals surface area contributed by atoms with E-state index in [2.05, 4.69) is 38.5 Å². The first-order chi connectivity index (χ1) is 14.2. The van der Waals surface area contributed by atoms with Crippen molar-refractivity contribution in [2.45, 2.75) is 24.9 Å². The summed E-state index contributed by atoms with van der Waals surface area (Å²) in [5.41, 5.74) is 2.96. The van der Waals surface area contributed by atoms with Crippen molar-refractivity contribution < 1.29 is 4.59 Å². The fraction of sp³-hybridized carbons (Fsp3) is 0.286. The standard InChI is InChI=1S/C21H20N7O/c29-21-26-19(15-4-2-1-3-5-15)6-7-20(26)25-27(21)17-13-28(14-17)12-16(10-24-28)18-11-22-8-9-23-18/h1-5,8-12,17,19H,6-7,13-14H2/q+1. The summed E-state index contributed by atoms with van der Waals surface area (Å²) >= 11 is 0. The fourth-order valence-corrected chi connectivity index (χ4v) is 4.66. The van der Waals surface area contributed by atoms with Crippen LogP contribution in [0.3, 0.4) is 0 Å². The molecular weight excluding hydrogens is 366 g/mol. The summed E-state index contributed by atoms with van der Waals surface area (Å²) < 4.78 is 4.05. The van der Waals surface area contributed by atoms with Gasteiger partial charge < -0.3 is 0 Å². The molecule has 0 aliphatic carbocycles. The molecule has 8 heteroatoms. The summed E-state index contributed by atoms with van der Waals surface area (Å²) in [4.78, 5) is 21.6. The average Bonchev–Trinajstić information content (AvgIpc) is 3.43. The van der Waals surface area contributed by atoms with Crippen LogP contribution in [0.2, 0.25) is 0 Å². The number of aromatic nitrogens is 5. The molecule has 144 valence electrons. The molecule has 0 N–H and O–H groups in total. The SMILES string of the molecule is O=c1n(C2C[N+]3(C=C(c4cnccn4)C=N3)C2)nc2n1C(c1ccccc1)CC2. The van der Waals surface area contributed by atoms with Crippen LogP contribution in [0.25, 0.3) is 5.57 Å². The number of aryl methyl sites for hydroxylation is 1. The third kappa shape index (κ3) is 2.52. The lowest BCUT2D eigenvalue weighted by molar-refractivity contribution is -0.929. The average molecular weight is 386 g/mol. The van der Waals surface area contributed by atoms with Gasteiger partial charge in [0.1, 0.15) is 25.1 Å². The highest BCUT2D eigenvalue weighted by atomic mass is 16.2. The second-order valence-corrected chi connectivity index (χ2v) is 7.90. The zero-order valence-corrected chi connectivity index (χ0v) is 15.8. The van der Waals surface area contributed by atoms with E-state index in [0.29, 0.717) is 4.59 Å². The first-order valence-corrected chi connectivity index (χ1v) is 9.89. The van der Waals surface area contributed by atoms with Crippen molar-refractivity contribution in [3.63, 3.8) is 0 Å². The van der Waals surface area contributed by atoms with Crippen molar-refractivity contribution in [3.05, 3.63) is 82.7 Å². The minimum atomic E-state index is -0.00416. The molecule has 3 aliphatic heterocycles. The normalized spacial score (nSPS) is 27.1. The summed E-state index contributed by atoms with van der Waals surface area (Å²) in [5.74, 6) is 0.892. The molecule has 0 amide bonds. The smallest absolute Gasteiger partial charge is 0.271 e. The molecule has 0 bridgehead atoms. The van der Waals surface area contributed by atoms with Gasteiger partial charge in [0.2, 0.25) is 0 Å². The van der Waals surface area contributed by atoms with Crippen LogP contribution >= 0.6 is 0 Å². The van der Waals surface area contributed by atoms with E-state index in [4.69, 9.17) is 0 Å². The van der Waals surface area contributed by atoms with Crippen LogP contribution in [0.4, 0.5) is 0 Å².